The molecule has 1 N–H and O–H groups in total. The Morgan fingerprint density at radius 2 is 1.56 bits per heavy atom. The molecule has 0 bridgehead atoms. The molecule has 0 spiro atoms. The van der Waals surface area contributed by atoms with Crippen LogP contribution in [0, 0.1) is 0 Å². The second-order valence-electron chi connectivity index (χ2n) is 8.63. The van der Waals surface area contributed by atoms with E-state index in [0.717, 1.165) is 16.5 Å². The van der Waals surface area contributed by atoms with Crippen LogP contribution in [0.15, 0.2) is 91.0 Å². The summed E-state index contributed by atoms with van der Waals surface area (Å²) in [6.45, 7) is 2.50. The zero-order chi connectivity index (χ0) is 24.9. The number of ether oxygens (including phenoxy) is 1. The quantitative estimate of drug-likeness (QED) is 0.382. The number of anilines is 2. The maximum atomic E-state index is 12.7. The number of nitrogens with zero attached hydrogens (tertiary/aromatic N) is 2. The predicted octanol–water partition coefficient (Wildman–Crippen LogP) is 5.47. The fourth-order valence-corrected chi connectivity index (χ4v) is 4.72. The summed E-state index contributed by atoms with van der Waals surface area (Å²) in [5.74, 6) is 0.450. The van der Waals surface area contributed by atoms with Crippen LogP contribution in [-0.4, -0.2) is 49.5 Å². The van der Waals surface area contributed by atoms with Crippen LogP contribution >= 0.6 is 11.6 Å². The molecule has 0 radical (unpaired) electrons. The first-order chi connectivity index (χ1) is 17.6. The zero-order valence-corrected chi connectivity index (χ0v) is 20.4. The second kappa shape index (κ2) is 10.7. The van der Waals surface area contributed by atoms with Crippen LogP contribution in [-0.2, 0) is 4.79 Å². The monoisotopic (exact) mass is 499 g/mol. The first-order valence-corrected chi connectivity index (χ1v) is 12.3. The van der Waals surface area contributed by atoms with E-state index in [0.29, 0.717) is 48.2 Å². The maximum absolute atomic E-state index is 12.7. The number of halogens is 1. The molecule has 6 nitrogen and oxygen atoms in total. The van der Waals surface area contributed by atoms with Crippen LogP contribution in [0.5, 0.6) is 5.75 Å². The van der Waals surface area contributed by atoms with Crippen molar-refractivity contribution in [2.75, 3.05) is 43.0 Å². The van der Waals surface area contributed by atoms with Gasteiger partial charge in [-0.25, -0.2) is 0 Å². The Morgan fingerprint density at radius 1 is 0.833 bits per heavy atom. The molecule has 0 atom stereocenters. The molecule has 1 aliphatic rings. The minimum atomic E-state index is -0.264. The Labute approximate surface area is 215 Å². The molecule has 1 heterocycles. The van der Waals surface area contributed by atoms with Gasteiger partial charge in [-0.15, -0.1) is 0 Å². The molecular weight excluding hydrogens is 474 g/mol. The van der Waals surface area contributed by atoms with Gasteiger partial charge in [0.15, 0.2) is 6.61 Å². The Morgan fingerprint density at radius 3 is 2.33 bits per heavy atom. The first kappa shape index (κ1) is 23.7. The molecular formula is C29H26ClN3O3. The number of nitrogens with one attached hydrogen (secondary N) is 1. The summed E-state index contributed by atoms with van der Waals surface area (Å²) in [6, 6.07) is 28.5. The van der Waals surface area contributed by atoms with Gasteiger partial charge in [0.2, 0.25) is 0 Å². The summed E-state index contributed by atoms with van der Waals surface area (Å²) in [5.41, 5.74) is 2.19. The van der Waals surface area contributed by atoms with Crippen molar-refractivity contribution in [3.8, 4) is 5.75 Å². The molecule has 1 aliphatic heterocycles. The molecule has 0 saturated carbocycles. The summed E-state index contributed by atoms with van der Waals surface area (Å²) >= 11 is 6.57. The lowest BCUT2D eigenvalue weighted by molar-refractivity contribution is -0.118. The maximum Gasteiger partial charge on any atom is 0.262 e. The fraction of sp³-hybridized carbons (Fsp3) is 0.172. The molecule has 0 unspecified atom stereocenters. The summed E-state index contributed by atoms with van der Waals surface area (Å²) in [6.07, 6.45) is 0. The highest BCUT2D eigenvalue weighted by Gasteiger charge is 2.23. The van der Waals surface area contributed by atoms with E-state index in [1.54, 1.807) is 6.07 Å². The van der Waals surface area contributed by atoms with E-state index in [-0.39, 0.29) is 18.4 Å². The van der Waals surface area contributed by atoms with Crippen LogP contribution in [0.25, 0.3) is 10.8 Å². The number of benzene rings is 4. The lowest BCUT2D eigenvalue weighted by Gasteiger charge is -2.36. The smallest absolute Gasteiger partial charge is 0.262 e. The first-order valence-electron chi connectivity index (χ1n) is 11.9. The molecule has 7 heteroatoms. The predicted molar refractivity (Wildman–Crippen MR) is 144 cm³/mol. The number of hydrogen-bond acceptors (Lipinski definition) is 4. The number of hydrogen-bond donors (Lipinski definition) is 1. The number of carbonyl (C=O) groups excluding carboxylic acids is 2. The van der Waals surface area contributed by atoms with Crippen molar-refractivity contribution >= 4 is 45.6 Å². The topological polar surface area (TPSA) is 61.9 Å². The molecule has 1 fully saturated rings. The van der Waals surface area contributed by atoms with E-state index in [1.165, 1.54) is 0 Å². The fourth-order valence-electron chi connectivity index (χ4n) is 4.42. The summed E-state index contributed by atoms with van der Waals surface area (Å²) in [5, 5.41) is 5.42. The van der Waals surface area contributed by atoms with Crippen LogP contribution in [0.3, 0.4) is 0 Å². The van der Waals surface area contributed by atoms with Gasteiger partial charge in [0, 0.05) is 42.8 Å². The highest BCUT2D eigenvalue weighted by atomic mass is 35.5. The van der Waals surface area contributed by atoms with Gasteiger partial charge >= 0.3 is 0 Å². The normalized spacial score (nSPS) is 13.5. The molecule has 2 amide bonds. The molecule has 4 aromatic carbocycles. The van der Waals surface area contributed by atoms with E-state index >= 15 is 0 Å². The third-order valence-electron chi connectivity index (χ3n) is 6.27. The van der Waals surface area contributed by atoms with Gasteiger partial charge in [0.1, 0.15) is 5.75 Å². The Kier molecular flexibility index (Phi) is 7.05. The molecule has 1 saturated heterocycles. The van der Waals surface area contributed by atoms with Gasteiger partial charge in [-0.1, -0.05) is 66.2 Å². The molecule has 0 aliphatic carbocycles. The van der Waals surface area contributed by atoms with Crippen LogP contribution in [0.1, 0.15) is 10.4 Å². The highest BCUT2D eigenvalue weighted by Crippen LogP contribution is 2.30. The van der Waals surface area contributed by atoms with Crippen molar-refractivity contribution < 1.29 is 14.3 Å². The van der Waals surface area contributed by atoms with Crippen molar-refractivity contribution in [2.24, 2.45) is 0 Å². The van der Waals surface area contributed by atoms with Gasteiger partial charge in [0.25, 0.3) is 11.8 Å². The van der Waals surface area contributed by atoms with E-state index < -0.39 is 0 Å². The SMILES string of the molecule is O=C(COc1cccc2ccccc12)Nc1ccc(N2CCN(C(=O)c3ccccc3)CC2)c(Cl)c1. The lowest BCUT2D eigenvalue weighted by Crippen LogP contribution is -2.48. The number of amides is 2. The average Bonchev–Trinajstić information content (AvgIpc) is 2.92. The molecule has 182 valence electrons. The van der Waals surface area contributed by atoms with Crippen LogP contribution in [0.2, 0.25) is 5.02 Å². The highest BCUT2D eigenvalue weighted by molar-refractivity contribution is 6.33. The minimum absolute atomic E-state index is 0.0464. The van der Waals surface area contributed by atoms with Crippen molar-refractivity contribution in [3.05, 3.63) is 102 Å². The largest absolute Gasteiger partial charge is 0.483 e. The number of rotatable bonds is 6. The summed E-state index contributed by atoms with van der Waals surface area (Å²) < 4.78 is 5.78. The van der Waals surface area contributed by atoms with E-state index in [1.807, 2.05) is 89.8 Å². The lowest BCUT2D eigenvalue weighted by atomic mass is 10.1. The molecule has 36 heavy (non-hydrogen) atoms. The minimum Gasteiger partial charge on any atom is -0.483 e. The molecule has 5 rings (SSSR count). The van der Waals surface area contributed by atoms with Crippen molar-refractivity contribution in [3.63, 3.8) is 0 Å². The van der Waals surface area contributed by atoms with Crippen LogP contribution in [0.4, 0.5) is 11.4 Å². The molecule has 4 aromatic rings. The Balaban J connectivity index is 1.16. The van der Waals surface area contributed by atoms with Crippen molar-refractivity contribution in [1.29, 1.82) is 0 Å². The third-order valence-corrected chi connectivity index (χ3v) is 6.57. The van der Waals surface area contributed by atoms with Crippen molar-refractivity contribution in [2.45, 2.75) is 0 Å². The number of piperazine rings is 1. The van der Waals surface area contributed by atoms with Gasteiger partial charge in [-0.2, -0.15) is 0 Å². The third kappa shape index (κ3) is 5.29. The Bertz CT molecular complexity index is 1380. The van der Waals surface area contributed by atoms with E-state index in [4.69, 9.17) is 16.3 Å². The zero-order valence-electron chi connectivity index (χ0n) is 19.7. The van der Waals surface area contributed by atoms with Crippen molar-refractivity contribution in [1.82, 2.24) is 4.90 Å². The van der Waals surface area contributed by atoms with Gasteiger partial charge in [0.05, 0.1) is 10.7 Å². The van der Waals surface area contributed by atoms with Gasteiger partial charge < -0.3 is 19.9 Å². The average molecular weight is 500 g/mol. The van der Waals surface area contributed by atoms with Gasteiger partial charge in [-0.05, 0) is 41.8 Å². The van der Waals surface area contributed by atoms with Gasteiger partial charge in [-0.3, -0.25) is 9.59 Å². The molecule has 0 aromatic heterocycles. The number of carbonyl (C=O) groups is 2. The second-order valence-corrected chi connectivity index (χ2v) is 9.03. The number of fused-ring (bicyclic) bond motifs is 1. The van der Waals surface area contributed by atoms with Crippen LogP contribution < -0.4 is 15.0 Å². The summed E-state index contributed by atoms with van der Waals surface area (Å²) in [4.78, 5) is 29.2. The Hall–Kier alpha value is -4.03. The summed E-state index contributed by atoms with van der Waals surface area (Å²) in [7, 11) is 0. The van der Waals surface area contributed by atoms with E-state index in [9.17, 15) is 9.59 Å². The van der Waals surface area contributed by atoms with E-state index in [2.05, 4.69) is 10.2 Å². The standard InChI is InChI=1S/C29H26ClN3O3/c30-25-19-23(31-28(34)20-36-27-12-6-10-21-7-4-5-11-24(21)27)13-14-26(25)32-15-17-33(18-16-32)29(35)22-8-2-1-3-9-22/h1-14,19H,15-18,20H2,(H,31,34).